The summed E-state index contributed by atoms with van der Waals surface area (Å²) in [5.74, 6) is 2.16. The Bertz CT molecular complexity index is 621. The Morgan fingerprint density at radius 3 is 2.59 bits per heavy atom. The summed E-state index contributed by atoms with van der Waals surface area (Å²) in [4.78, 5) is 25.1. The molecular weight excluding hydrogens is 342 g/mol. The Hall–Kier alpha value is -1.10. The molecule has 0 radical (unpaired) electrons. The number of aliphatic carboxylic acids is 1. The van der Waals surface area contributed by atoms with Gasteiger partial charge in [0.2, 0.25) is 5.91 Å². The summed E-state index contributed by atoms with van der Waals surface area (Å²) in [7, 11) is 2.02. The molecule has 0 spiro atoms. The van der Waals surface area contributed by atoms with E-state index in [9.17, 15) is 9.59 Å². The molecule has 1 aliphatic heterocycles. The van der Waals surface area contributed by atoms with Gasteiger partial charge in [0.25, 0.3) is 0 Å². The van der Waals surface area contributed by atoms with Crippen LogP contribution in [0, 0.1) is 34.5 Å². The molecule has 0 aromatic heterocycles. The predicted octanol–water partition coefficient (Wildman–Crippen LogP) is 3.57. The molecule has 1 saturated heterocycles. The molecule has 3 saturated carbocycles. The van der Waals surface area contributed by atoms with E-state index in [2.05, 4.69) is 18.7 Å². The minimum absolute atomic E-state index is 0.177. The van der Waals surface area contributed by atoms with Crippen molar-refractivity contribution in [2.24, 2.45) is 34.5 Å². The summed E-state index contributed by atoms with van der Waals surface area (Å²) in [6.45, 7) is 5.32. The molecule has 0 aromatic carbocycles. The maximum Gasteiger partial charge on any atom is 0.329 e. The molecule has 1 heterocycles. The molecule has 2 unspecified atom stereocenters. The zero-order chi connectivity index (χ0) is 19.4. The third-order valence-electron chi connectivity index (χ3n) is 9.30. The van der Waals surface area contributed by atoms with Crippen LogP contribution in [0.15, 0.2) is 0 Å². The first-order valence-corrected chi connectivity index (χ1v) is 10.8. The molecule has 1 amide bonds. The molecular formula is C22H35NO4. The Morgan fingerprint density at radius 1 is 1.11 bits per heavy atom. The van der Waals surface area contributed by atoms with Crippen molar-refractivity contribution in [1.29, 1.82) is 0 Å². The number of carbonyl (C=O) groups excluding carboxylic acids is 1. The number of ether oxygens (including phenoxy) is 1. The van der Waals surface area contributed by atoms with Crippen molar-refractivity contribution in [2.45, 2.75) is 71.3 Å². The molecule has 27 heavy (non-hydrogen) atoms. The SMILES string of the molecule is CN1C(=O)CC[C@@]2(C)C1CC[C@@H]1[C@H]2CC[C@]2(C)C(COCC(=O)O)CC[C@@H]12. The van der Waals surface area contributed by atoms with Crippen LogP contribution in [-0.2, 0) is 14.3 Å². The molecule has 5 heteroatoms. The van der Waals surface area contributed by atoms with E-state index in [0.29, 0.717) is 36.3 Å². The molecule has 0 bridgehead atoms. The molecule has 152 valence electrons. The summed E-state index contributed by atoms with van der Waals surface area (Å²) in [5.41, 5.74) is 0.560. The smallest absolute Gasteiger partial charge is 0.329 e. The normalized spacial score (nSPS) is 46.6. The Labute approximate surface area is 162 Å². The number of hydrogen-bond acceptors (Lipinski definition) is 3. The van der Waals surface area contributed by atoms with Crippen LogP contribution < -0.4 is 0 Å². The second-order valence-electron chi connectivity index (χ2n) is 10.2. The molecule has 5 nitrogen and oxygen atoms in total. The van der Waals surface area contributed by atoms with E-state index in [4.69, 9.17) is 9.84 Å². The number of nitrogens with zero attached hydrogens (tertiary/aromatic N) is 1. The van der Waals surface area contributed by atoms with Crippen LogP contribution >= 0.6 is 0 Å². The number of hydrogen-bond donors (Lipinski definition) is 1. The highest BCUT2D eigenvalue weighted by Gasteiger charge is 2.61. The van der Waals surface area contributed by atoms with Crippen molar-refractivity contribution in [3.05, 3.63) is 0 Å². The largest absolute Gasteiger partial charge is 0.480 e. The maximum atomic E-state index is 12.2. The third-order valence-corrected chi connectivity index (χ3v) is 9.30. The summed E-state index contributed by atoms with van der Waals surface area (Å²) in [5, 5.41) is 8.86. The molecule has 4 rings (SSSR count). The molecule has 3 aliphatic carbocycles. The summed E-state index contributed by atoms with van der Waals surface area (Å²) >= 11 is 0. The van der Waals surface area contributed by atoms with E-state index in [-0.39, 0.29) is 12.0 Å². The average molecular weight is 378 g/mol. The molecule has 4 fully saturated rings. The summed E-state index contributed by atoms with van der Waals surface area (Å²) in [6, 6.07) is 0.417. The van der Waals surface area contributed by atoms with Gasteiger partial charge < -0.3 is 14.7 Å². The molecule has 4 aliphatic rings. The van der Waals surface area contributed by atoms with Crippen molar-refractivity contribution in [3.8, 4) is 0 Å². The van der Waals surface area contributed by atoms with Gasteiger partial charge in [-0.3, -0.25) is 4.79 Å². The number of fused-ring (bicyclic) bond motifs is 5. The first kappa shape index (κ1) is 19.2. The van der Waals surface area contributed by atoms with Crippen LogP contribution in [-0.4, -0.2) is 48.2 Å². The highest BCUT2D eigenvalue weighted by Crippen LogP contribution is 2.66. The van der Waals surface area contributed by atoms with Gasteiger partial charge in [0.15, 0.2) is 0 Å². The Morgan fingerprint density at radius 2 is 1.85 bits per heavy atom. The molecule has 7 atom stereocenters. The number of carboxylic acid groups (broad SMARTS) is 1. The maximum absolute atomic E-state index is 12.2. The first-order chi connectivity index (χ1) is 12.8. The predicted molar refractivity (Wildman–Crippen MR) is 102 cm³/mol. The van der Waals surface area contributed by atoms with Crippen LogP contribution in [0.3, 0.4) is 0 Å². The van der Waals surface area contributed by atoms with E-state index < -0.39 is 5.97 Å². The number of carboxylic acids is 1. The topological polar surface area (TPSA) is 66.8 Å². The average Bonchev–Trinajstić information content (AvgIpc) is 2.95. The van der Waals surface area contributed by atoms with Gasteiger partial charge in [-0.05, 0) is 79.4 Å². The lowest BCUT2D eigenvalue weighted by molar-refractivity contribution is -0.159. The standard InChI is InChI=1S/C22H35NO4/c1-21-10-8-17-15(16(21)6-4-14(21)12-27-13-20(25)26)5-7-18-22(17,2)11-9-19(24)23(18)3/h14-18H,4-13H2,1-3H3,(H,25,26)/t14?,15-,16-,17+,18?,21+,22+/m0/s1. The van der Waals surface area contributed by atoms with Crippen molar-refractivity contribution < 1.29 is 19.4 Å². The van der Waals surface area contributed by atoms with Crippen molar-refractivity contribution in [2.75, 3.05) is 20.3 Å². The number of rotatable bonds is 4. The second-order valence-corrected chi connectivity index (χ2v) is 10.2. The fraction of sp³-hybridized carbons (Fsp3) is 0.909. The third kappa shape index (κ3) is 2.92. The van der Waals surface area contributed by atoms with Crippen molar-refractivity contribution in [3.63, 3.8) is 0 Å². The van der Waals surface area contributed by atoms with Gasteiger partial charge in [-0.1, -0.05) is 13.8 Å². The number of piperidine rings is 1. The molecule has 1 N–H and O–H groups in total. The minimum atomic E-state index is -0.874. The van der Waals surface area contributed by atoms with Gasteiger partial charge in [-0.15, -0.1) is 0 Å². The Kier molecular flexibility index (Phi) is 4.81. The van der Waals surface area contributed by atoms with E-state index in [1.807, 2.05) is 7.05 Å². The van der Waals surface area contributed by atoms with Crippen molar-refractivity contribution in [1.82, 2.24) is 4.90 Å². The lowest BCUT2D eigenvalue weighted by atomic mass is 9.47. The minimum Gasteiger partial charge on any atom is -0.480 e. The number of amides is 1. The fourth-order valence-corrected chi connectivity index (χ4v) is 7.82. The lowest BCUT2D eigenvalue weighted by Crippen LogP contribution is -2.61. The van der Waals surface area contributed by atoms with E-state index >= 15 is 0 Å². The van der Waals surface area contributed by atoms with Gasteiger partial charge in [0.05, 0.1) is 6.61 Å². The monoisotopic (exact) mass is 377 g/mol. The van der Waals surface area contributed by atoms with Crippen LogP contribution in [0.2, 0.25) is 0 Å². The van der Waals surface area contributed by atoms with Crippen LogP contribution in [0.1, 0.15) is 65.2 Å². The van der Waals surface area contributed by atoms with Gasteiger partial charge in [-0.25, -0.2) is 4.79 Å². The van der Waals surface area contributed by atoms with Crippen molar-refractivity contribution >= 4 is 11.9 Å². The van der Waals surface area contributed by atoms with Gasteiger partial charge in [0.1, 0.15) is 6.61 Å². The highest BCUT2D eigenvalue weighted by atomic mass is 16.5. The summed E-state index contributed by atoms with van der Waals surface area (Å²) < 4.78 is 5.52. The van der Waals surface area contributed by atoms with Crippen LogP contribution in [0.5, 0.6) is 0 Å². The van der Waals surface area contributed by atoms with Gasteiger partial charge in [-0.2, -0.15) is 0 Å². The lowest BCUT2D eigenvalue weighted by Gasteiger charge is -2.61. The Balaban J connectivity index is 1.51. The zero-order valence-electron chi connectivity index (χ0n) is 17.1. The molecule has 0 aromatic rings. The van der Waals surface area contributed by atoms with Gasteiger partial charge in [0, 0.05) is 19.5 Å². The van der Waals surface area contributed by atoms with Crippen LogP contribution in [0.25, 0.3) is 0 Å². The number of carbonyl (C=O) groups is 2. The van der Waals surface area contributed by atoms with Gasteiger partial charge >= 0.3 is 5.97 Å². The summed E-state index contributed by atoms with van der Waals surface area (Å²) in [6.07, 6.45) is 9.05. The second kappa shape index (κ2) is 6.75. The quantitative estimate of drug-likeness (QED) is 0.813. The van der Waals surface area contributed by atoms with Crippen LogP contribution in [0.4, 0.5) is 0 Å². The van der Waals surface area contributed by atoms with E-state index in [1.54, 1.807) is 0 Å². The van der Waals surface area contributed by atoms with E-state index in [1.165, 1.54) is 32.1 Å². The fourth-order valence-electron chi connectivity index (χ4n) is 7.82. The number of likely N-dealkylation sites (tertiary alicyclic amines) is 1. The van der Waals surface area contributed by atoms with E-state index in [0.717, 1.165) is 30.6 Å². The first-order valence-electron chi connectivity index (χ1n) is 10.8. The highest BCUT2D eigenvalue weighted by molar-refractivity contribution is 5.77. The zero-order valence-corrected chi connectivity index (χ0v) is 17.1.